The molecule has 1 aromatic heterocycles. The van der Waals surface area contributed by atoms with Crippen molar-refractivity contribution in [3.05, 3.63) is 36.0 Å². The van der Waals surface area contributed by atoms with Crippen molar-refractivity contribution in [1.82, 2.24) is 10.3 Å². The molecule has 0 fully saturated rings. The van der Waals surface area contributed by atoms with Gasteiger partial charge in [-0.25, -0.2) is 0 Å². The Hall–Kier alpha value is -1.28. The average Bonchev–Trinajstić information content (AvgIpc) is 2.60. The number of fused-ring (bicyclic) bond motifs is 1. The summed E-state index contributed by atoms with van der Waals surface area (Å²) in [5.41, 5.74) is 2.23. The van der Waals surface area contributed by atoms with E-state index in [1.165, 1.54) is 0 Å². The molecule has 68 valence electrons. The van der Waals surface area contributed by atoms with Gasteiger partial charge in [-0.2, -0.15) is 0 Å². The molecular weight excluding hydrogens is 160 g/mol. The maximum atomic E-state index is 7.04. The van der Waals surface area contributed by atoms with Gasteiger partial charge >= 0.3 is 0 Å². The number of para-hydroxylation sites is 1. The molecular formula is C11H14N2. The minimum absolute atomic E-state index is 0.457. The second-order valence-corrected chi connectivity index (χ2v) is 3.04. The van der Waals surface area contributed by atoms with Gasteiger partial charge < -0.3 is 10.3 Å². The monoisotopic (exact) mass is 177 g/mol. The van der Waals surface area contributed by atoms with E-state index >= 15 is 0 Å². The zero-order chi connectivity index (χ0) is 11.6. The number of likely N-dealkylation sites (N-methyl/N-ethyl adjacent to an activating group) is 1. The predicted molar refractivity (Wildman–Crippen MR) is 55.9 cm³/mol. The first-order chi connectivity index (χ1) is 7.56. The fourth-order valence-corrected chi connectivity index (χ4v) is 1.54. The lowest BCUT2D eigenvalue weighted by molar-refractivity contribution is 0.795. The lowest BCUT2D eigenvalue weighted by Crippen LogP contribution is -2.09. The van der Waals surface area contributed by atoms with Crippen molar-refractivity contribution in [1.29, 1.82) is 0 Å². The Morgan fingerprint density at radius 2 is 2.38 bits per heavy atom. The van der Waals surface area contributed by atoms with E-state index in [1.54, 1.807) is 0 Å². The molecule has 1 heterocycles. The van der Waals surface area contributed by atoms with E-state index in [-0.39, 0.29) is 0 Å². The molecule has 0 bridgehead atoms. The van der Waals surface area contributed by atoms with Gasteiger partial charge in [0.15, 0.2) is 0 Å². The van der Waals surface area contributed by atoms with Crippen molar-refractivity contribution in [3.63, 3.8) is 0 Å². The Kier molecular flexibility index (Phi) is 1.52. The van der Waals surface area contributed by atoms with E-state index in [1.807, 2.05) is 30.5 Å². The van der Waals surface area contributed by atoms with Crippen LogP contribution in [0.5, 0.6) is 0 Å². The summed E-state index contributed by atoms with van der Waals surface area (Å²) >= 11 is 0. The van der Waals surface area contributed by atoms with Crippen molar-refractivity contribution in [2.24, 2.45) is 0 Å². The van der Waals surface area contributed by atoms with Crippen LogP contribution in [0.1, 0.15) is 9.68 Å². The predicted octanol–water partition coefficient (Wildman–Crippen LogP) is 1.93. The molecule has 0 saturated carbocycles. The fourth-order valence-electron chi connectivity index (χ4n) is 1.54. The second kappa shape index (κ2) is 3.62. The first-order valence-electron chi connectivity index (χ1n) is 5.86. The van der Waals surface area contributed by atoms with E-state index in [2.05, 4.69) is 10.3 Å². The van der Waals surface area contributed by atoms with Gasteiger partial charge in [-0.15, -0.1) is 0 Å². The summed E-state index contributed by atoms with van der Waals surface area (Å²) in [4.78, 5) is 3.17. The second-order valence-electron chi connectivity index (χ2n) is 3.04. The Bertz CT molecular complexity index is 473. The highest BCUT2D eigenvalue weighted by Crippen LogP contribution is 2.17. The summed E-state index contributed by atoms with van der Waals surface area (Å²) in [6.45, 7) is -1.59. The first-order valence-corrected chi connectivity index (χ1v) is 4.36. The molecule has 0 spiro atoms. The Balaban J connectivity index is 2.05. The molecule has 2 rings (SSSR count). The third-order valence-electron chi connectivity index (χ3n) is 2.19. The van der Waals surface area contributed by atoms with Crippen LogP contribution in [-0.4, -0.2) is 18.5 Å². The van der Waals surface area contributed by atoms with E-state index < -0.39 is 6.98 Å². The van der Waals surface area contributed by atoms with Crippen molar-refractivity contribution < 1.29 is 4.11 Å². The van der Waals surface area contributed by atoms with Crippen LogP contribution < -0.4 is 5.32 Å². The van der Waals surface area contributed by atoms with Gasteiger partial charge in [0.25, 0.3) is 0 Å². The minimum atomic E-state index is -2.05. The summed E-state index contributed by atoms with van der Waals surface area (Å²) in [5.74, 6) is 0. The van der Waals surface area contributed by atoms with Crippen LogP contribution in [0.2, 0.25) is 0 Å². The van der Waals surface area contributed by atoms with Crippen LogP contribution in [0.4, 0.5) is 0 Å². The molecule has 2 heteroatoms. The molecule has 2 N–H and O–H groups in total. The maximum Gasteiger partial charge on any atom is 0.0456 e. The van der Waals surface area contributed by atoms with Crippen LogP contribution in [0.25, 0.3) is 10.9 Å². The summed E-state index contributed by atoms with van der Waals surface area (Å²) in [7, 11) is 0. The zero-order valence-electron chi connectivity index (χ0n) is 10.3. The van der Waals surface area contributed by atoms with Crippen molar-refractivity contribution in [3.8, 4) is 0 Å². The summed E-state index contributed by atoms with van der Waals surface area (Å²) in [6, 6.07) is 8.01. The van der Waals surface area contributed by atoms with Gasteiger partial charge in [0.1, 0.15) is 0 Å². The molecule has 0 radical (unpaired) electrons. The molecule has 0 atom stereocenters. The van der Waals surface area contributed by atoms with Crippen molar-refractivity contribution in [2.45, 2.75) is 6.42 Å². The van der Waals surface area contributed by atoms with Gasteiger partial charge in [0.2, 0.25) is 0 Å². The number of aromatic nitrogens is 1. The van der Waals surface area contributed by atoms with Crippen LogP contribution in [0.15, 0.2) is 30.5 Å². The molecule has 0 unspecified atom stereocenters. The van der Waals surface area contributed by atoms with Gasteiger partial charge in [-0.05, 0) is 31.6 Å². The van der Waals surface area contributed by atoms with Crippen LogP contribution in [0, 0.1) is 0 Å². The lowest BCUT2D eigenvalue weighted by atomic mass is 10.1. The number of hydrogen-bond acceptors (Lipinski definition) is 1. The van der Waals surface area contributed by atoms with Crippen LogP contribution in [0.3, 0.4) is 0 Å². The highest BCUT2D eigenvalue weighted by Gasteiger charge is 2.00. The maximum absolute atomic E-state index is 7.04. The topological polar surface area (TPSA) is 27.8 Å². The number of benzene rings is 1. The third-order valence-corrected chi connectivity index (χ3v) is 2.19. The van der Waals surface area contributed by atoms with Gasteiger partial charge in [0.05, 0.1) is 0 Å². The standard InChI is InChI=1S/C11H14N2/c1-12-7-6-9-8-13-11-5-3-2-4-10(9)11/h2-5,8,12-13H,6-7H2,1H3/i1D3. The smallest absolute Gasteiger partial charge is 0.0456 e. The zero-order valence-corrected chi connectivity index (χ0v) is 7.30. The number of nitrogens with one attached hydrogen (secondary N) is 2. The van der Waals surface area contributed by atoms with Crippen LogP contribution >= 0.6 is 0 Å². The SMILES string of the molecule is [2H]C([2H])([2H])NCCc1c[nH]c2ccccc12. The van der Waals surface area contributed by atoms with E-state index in [0.29, 0.717) is 13.0 Å². The Labute approximate surface area is 82.2 Å². The van der Waals surface area contributed by atoms with E-state index in [0.717, 1.165) is 16.5 Å². The highest BCUT2D eigenvalue weighted by atomic mass is 14.8. The molecule has 1 aromatic carbocycles. The Morgan fingerprint density at radius 3 is 3.31 bits per heavy atom. The van der Waals surface area contributed by atoms with E-state index in [4.69, 9.17) is 4.11 Å². The van der Waals surface area contributed by atoms with Crippen LogP contribution in [-0.2, 0) is 6.42 Å². The number of rotatable bonds is 3. The number of aromatic amines is 1. The van der Waals surface area contributed by atoms with E-state index in [9.17, 15) is 0 Å². The molecule has 0 saturated heterocycles. The fraction of sp³-hybridized carbons (Fsp3) is 0.273. The molecule has 0 aliphatic carbocycles. The molecule has 0 amide bonds. The molecule has 2 nitrogen and oxygen atoms in total. The third kappa shape index (κ3) is 1.58. The van der Waals surface area contributed by atoms with Crippen molar-refractivity contribution >= 4 is 10.9 Å². The largest absolute Gasteiger partial charge is 0.361 e. The quantitative estimate of drug-likeness (QED) is 0.736. The summed E-state index contributed by atoms with van der Waals surface area (Å²) in [5, 5.41) is 3.67. The molecule has 0 aliphatic rings. The summed E-state index contributed by atoms with van der Waals surface area (Å²) in [6.07, 6.45) is 2.65. The summed E-state index contributed by atoms with van der Waals surface area (Å²) < 4.78 is 21.1. The molecule has 0 aliphatic heterocycles. The lowest BCUT2D eigenvalue weighted by Gasteiger charge is -1.97. The number of H-pyrrole nitrogens is 1. The number of hydrogen-bond donors (Lipinski definition) is 2. The van der Waals surface area contributed by atoms with Gasteiger partial charge in [0, 0.05) is 21.2 Å². The molecule has 13 heavy (non-hydrogen) atoms. The highest BCUT2D eigenvalue weighted by molar-refractivity contribution is 5.82. The Morgan fingerprint density at radius 1 is 1.46 bits per heavy atom. The van der Waals surface area contributed by atoms with Gasteiger partial charge in [-0.3, -0.25) is 0 Å². The molecule has 2 aromatic rings. The normalized spacial score (nSPS) is 15.2. The van der Waals surface area contributed by atoms with Crippen molar-refractivity contribution in [2.75, 3.05) is 13.5 Å². The minimum Gasteiger partial charge on any atom is -0.361 e. The average molecular weight is 177 g/mol. The van der Waals surface area contributed by atoms with Gasteiger partial charge in [-0.1, -0.05) is 18.2 Å². The first kappa shape index (κ1) is 5.45.